The van der Waals surface area contributed by atoms with Crippen molar-refractivity contribution in [3.05, 3.63) is 41.9 Å². The van der Waals surface area contributed by atoms with E-state index in [4.69, 9.17) is 9.16 Å². The molecule has 2 aromatic rings. The highest BCUT2D eigenvalue weighted by Gasteiger charge is 2.38. The van der Waals surface area contributed by atoms with Gasteiger partial charge in [-0.05, 0) is 42.8 Å². The van der Waals surface area contributed by atoms with Crippen LogP contribution in [0.15, 0.2) is 30.6 Å². The second-order valence-corrected chi connectivity index (χ2v) is 14.4. The Morgan fingerprint density at radius 2 is 2.06 bits per heavy atom. The zero-order valence-corrected chi connectivity index (χ0v) is 20.3. The van der Waals surface area contributed by atoms with Crippen molar-refractivity contribution >= 4 is 20.0 Å². The van der Waals surface area contributed by atoms with E-state index in [1.807, 2.05) is 12.1 Å². The molecule has 1 unspecified atom stereocenters. The van der Waals surface area contributed by atoms with E-state index in [0.29, 0.717) is 25.5 Å². The molecule has 0 bridgehead atoms. The Morgan fingerprint density at radius 1 is 1.32 bits per heavy atom. The van der Waals surface area contributed by atoms with Gasteiger partial charge in [0.15, 0.2) is 14.0 Å². The maximum absolute atomic E-state index is 11.2. The minimum Gasteiger partial charge on any atom is -0.476 e. The molecule has 8 heteroatoms. The quantitative estimate of drug-likeness (QED) is 0.663. The number of hydrogen-bond donors (Lipinski definition) is 1. The van der Waals surface area contributed by atoms with Crippen LogP contribution >= 0.6 is 0 Å². The van der Waals surface area contributed by atoms with Crippen LogP contribution in [0.4, 0.5) is 5.69 Å². The van der Waals surface area contributed by atoms with Gasteiger partial charge in [-0.2, -0.15) is 0 Å². The highest BCUT2D eigenvalue weighted by Crippen LogP contribution is 2.37. The third-order valence-corrected chi connectivity index (χ3v) is 10.8. The largest absolute Gasteiger partial charge is 0.476 e. The normalized spacial score (nSPS) is 17.6. The van der Waals surface area contributed by atoms with Crippen LogP contribution in [0.1, 0.15) is 36.8 Å². The fourth-order valence-electron chi connectivity index (χ4n) is 3.38. The maximum atomic E-state index is 11.2. The topological polar surface area (TPSA) is 84.8 Å². The molecule has 0 amide bonds. The SMILES string of the molecule is Cc1cc(-c2cncc(C(=O)O)n2)ccc1N1CCOCC1CO[Si](C)(C)C(C)(C)C. The lowest BCUT2D eigenvalue weighted by Crippen LogP contribution is -2.51. The first-order chi connectivity index (χ1) is 14.5. The molecule has 0 saturated carbocycles. The summed E-state index contributed by atoms with van der Waals surface area (Å²) < 4.78 is 12.3. The Balaban J connectivity index is 1.82. The van der Waals surface area contributed by atoms with Crippen LogP contribution in [-0.2, 0) is 9.16 Å². The van der Waals surface area contributed by atoms with Crippen molar-refractivity contribution in [2.45, 2.75) is 51.9 Å². The molecule has 1 atom stereocenters. The first kappa shape index (κ1) is 23.4. The first-order valence-electron chi connectivity index (χ1n) is 10.6. The number of rotatable bonds is 6. The number of anilines is 1. The maximum Gasteiger partial charge on any atom is 0.356 e. The molecule has 1 aromatic carbocycles. The van der Waals surface area contributed by atoms with Crippen LogP contribution in [0.5, 0.6) is 0 Å². The highest BCUT2D eigenvalue weighted by molar-refractivity contribution is 6.74. The van der Waals surface area contributed by atoms with E-state index in [0.717, 1.165) is 23.4 Å². The van der Waals surface area contributed by atoms with Crippen molar-refractivity contribution in [2.24, 2.45) is 0 Å². The van der Waals surface area contributed by atoms with E-state index in [9.17, 15) is 9.90 Å². The minimum atomic E-state index is -1.85. The van der Waals surface area contributed by atoms with Gasteiger partial charge in [-0.3, -0.25) is 4.98 Å². The van der Waals surface area contributed by atoms with E-state index in [1.54, 1.807) is 6.20 Å². The fourth-order valence-corrected chi connectivity index (χ4v) is 4.42. The van der Waals surface area contributed by atoms with Crippen LogP contribution in [0.3, 0.4) is 0 Å². The summed E-state index contributed by atoms with van der Waals surface area (Å²) in [5.41, 5.74) is 3.57. The third-order valence-electron chi connectivity index (χ3n) is 6.33. The molecule has 31 heavy (non-hydrogen) atoms. The summed E-state index contributed by atoms with van der Waals surface area (Å²) in [6.07, 6.45) is 2.85. The zero-order valence-electron chi connectivity index (χ0n) is 19.3. The molecule has 0 aliphatic carbocycles. The summed E-state index contributed by atoms with van der Waals surface area (Å²) in [6.45, 7) is 16.1. The number of hydrogen-bond acceptors (Lipinski definition) is 6. The Bertz CT molecular complexity index is 943. The lowest BCUT2D eigenvalue weighted by Gasteiger charge is -2.42. The molecule has 0 spiro atoms. The van der Waals surface area contributed by atoms with E-state index in [-0.39, 0.29) is 16.8 Å². The smallest absolute Gasteiger partial charge is 0.356 e. The number of aromatic carboxylic acids is 1. The summed E-state index contributed by atoms with van der Waals surface area (Å²) >= 11 is 0. The van der Waals surface area contributed by atoms with Crippen LogP contribution in [0.2, 0.25) is 18.1 Å². The van der Waals surface area contributed by atoms with E-state index < -0.39 is 14.3 Å². The van der Waals surface area contributed by atoms with Gasteiger partial charge in [0.1, 0.15) is 0 Å². The molecular formula is C23H33N3O4Si. The molecule has 2 heterocycles. The number of aryl methyl sites for hydroxylation is 1. The summed E-state index contributed by atoms with van der Waals surface area (Å²) in [4.78, 5) is 21.8. The van der Waals surface area contributed by atoms with Gasteiger partial charge in [-0.25, -0.2) is 9.78 Å². The van der Waals surface area contributed by atoms with Gasteiger partial charge in [0.05, 0.1) is 44.0 Å². The number of benzene rings is 1. The number of aromatic nitrogens is 2. The standard InChI is InChI=1S/C23H33N3O4Si/c1-16-11-17(19-12-24-13-20(25-19)22(27)28)7-8-21(16)26-9-10-29-14-18(26)15-30-31(5,6)23(2,3)4/h7-8,11-13,18H,9-10,14-15H2,1-6H3,(H,27,28). The highest BCUT2D eigenvalue weighted by atomic mass is 28.4. The van der Waals surface area contributed by atoms with Gasteiger partial charge < -0.3 is 19.2 Å². The van der Waals surface area contributed by atoms with Gasteiger partial charge >= 0.3 is 5.97 Å². The molecule has 1 aliphatic rings. The molecule has 1 N–H and O–H groups in total. The van der Waals surface area contributed by atoms with Gasteiger partial charge in [-0.1, -0.05) is 26.8 Å². The van der Waals surface area contributed by atoms with Crippen molar-refractivity contribution in [2.75, 3.05) is 31.3 Å². The van der Waals surface area contributed by atoms with E-state index >= 15 is 0 Å². The number of ether oxygens (including phenoxy) is 1. The fraction of sp³-hybridized carbons (Fsp3) is 0.522. The molecule has 1 aliphatic heterocycles. The summed E-state index contributed by atoms with van der Waals surface area (Å²) in [5, 5.41) is 9.35. The lowest BCUT2D eigenvalue weighted by atomic mass is 10.0. The second-order valence-electron chi connectivity index (χ2n) is 9.59. The van der Waals surface area contributed by atoms with Crippen LogP contribution in [-0.4, -0.2) is 61.8 Å². The number of nitrogens with zero attached hydrogens (tertiary/aromatic N) is 3. The summed E-state index contributed by atoms with van der Waals surface area (Å²) in [5.74, 6) is -1.08. The zero-order chi connectivity index (χ0) is 22.8. The summed E-state index contributed by atoms with van der Waals surface area (Å²) in [7, 11) is -1.85. The van der Waals surface area contributed by atoms with Crippen molar-refractivity contribution < 1.29 is 19.1 Å². The molecule has 1 fully saturated rings. The van der Waals surface area contributed by atoms with E-state index in [2.05, 4.69) is 61.7 Å². The van der Waals surface area contributed by atoms with Crippen LogP contribution in [0.25, 0.3) is 11.3 Å². The van der Waals surface area contributed by atoms with Crippen molar-refractivity contribution in [1.29, 1.82) is 0 Å². The Morgan fingerprint density at radius 3 is 2.71 bits per heavy atom. The average molecular weight is 444 g/mol. The molecule has 1 saturated heterocycles. The molecular weight excluding hydrogens is 410 g/mol. The van der Waals surface area contributed by atoms with E-state index in [1.165, 1.54) is 6.20 Å². The van der Waals surface area contributed by atoms with Gasteiger partial charge in [0, 0.05) is 17.8 Å². The Hall–Kier alpha value is -2.29. The minimum absolute atomic E-state index is 0.0600. The predicted octanol–water partition coefficient (Wildman–Crippen LogP) is 4.38. The molecule has 7 nitrogen and oxygen atoms in total. The van der Waals surface area contributed by atoms with Gasteiger partial charge in [0.25, 0.3) is 0 Å². The first-order valence-corrected chi connectivity index (χ1v) is 13.5. The predicted molar refractivity (Wildman–Crippen MR) is 124 cm³/mol. The van der Waals surface area contributed by atoms with Gasteiger partial charge in [-0.15, -0.1) is 0 Å². The molecule has 168 valence electrons. The summed E-state index contributed by atoms with van der Waals surface area (Å²) in [6, 6.07) is 6.23. The van der Waals surface area contributed by atoms with Gasteiger partial charge in [0.2, 0.25) is 0 Å². The van der Waals surface area contributed by atoms with Crippen LogP contribution in [0, 0.1) is 6.92 Å². The molecule has 3 rings (SSSR count). The average Bonchev–Trinajstić information content (AvgIpc) is 2.72. The third kappa shape index (κ3) is 5.31. The van der Waals surface area contributed by atoms with Crippen molar-refractivity contribution in [1.82, 2.24) is 9.97 Å². The lowest BCUT2D eigenvalue weighted by molar-refractivity contribution is 0.0690. The number of carbonyl (C=O) groups is 1. The van der Waals surface area contributed by atoms with Crippen molar-refractivity contribution in [3.63, 3.8) is 0 Å². The number of carboxylic acids is 1. The second kappa shape index (κ2) is 9.06. The monoisotopic (exact) mass is 443 g/mol. The Kier molecular flexibility index (Phi) is 6.83. The van der Waals surface area contributed by atoms with Crippen LogP contribution < -0.4 is 4.90 Å². The van der Waals surface area contributed by atoms with Crippen molar-refractivity contribution in [3.8, 4) is 11.3 Å². The number of morpholine rings is 1. The molecule has 0 radical (unpaired) electrons. The molecule has 1 aromatic heterocycles. The Labute approximate surface area is 185 Å². The number of carboxylic acid groups (broad SMARTS) is 1.